The minimum absolute atomic E-state index is 0.0798. The Morgan fingerprint density at radius 1 is 1.47 bits per heavy atom. The summed E-state index contributed by atoms with van der Waals surface area (Å²) in [6.07, 6.45) is 0. The molecule has 0 spiro atoms. The Bertz CT molecular complexity index is 366. The number of nitrogens with zero attached hydrogens (tertiary/aromatic N) is 1. The third-order valence-electron chi connectivity index (χ3n) is 2.07. The molecule has 0 saturated heterocycles. The van der Waals surface area contributed by atoms with Crippen LogP contribution in [0.25, 0.3) is 0 Å². The molecule has 0 aliphatic heterocycles. The number of anilines is 1. The third kappa shape index (κ3) is 4.32. The monoisotopic (exact) mass is 257 g/mol. The Labute approximate surface area is 106 Å². The molecule has 0 atom stereocenters. The summed E-state index contributed by atoms with van der Waals surface area (Å²) in [5.41, 5.74) is 0.764. The van der Waals surface area contributed by atoms with Crippen LogP contribution in [0, 0.1) is 6.92 Å². The van der Waals surface area contributed by atoms with Crippen LogP contribution in [0.4, 0.5) is 5.13 Å². The molecule has 6 heteroatoms. The molecule has 96 valence electrons. The van der Waals surface area contributed by atoms with Gasteiger partial charge in [-0.05, 0) is 20.8 Å². The summed E-state index contributed by atoms with van der Waals surface area (Å²) >= 11 is 1.38. The van der Waals surface area contributed by atoms with Gasteiger partial charge in [0.1, 0.15) is 4.88 Å². The molecule has 0 radical (unpaired) electrons. The van der Waals surface area contributed by atoms with Crippen molar-refractivity contribution in [2.24, 2.45) is 0 Å². The lowest BCUT2D eigenvalue weighted by molar-refractivity contribution is 0.0926. The molecule has 1 heterocycles. The van der Waals surface area contributed by atoms with Crippen molar-refractivity contribution in [2.45, 2.75) is 20.8 Å². The minimum atomic E-state index is -0.0798. The van der Waals surface area contributed by atoms with Crippen LogP contribution in [0.2, 0.25) is 0 Å². The number of amides is 1. The lowest BCUT2D eigenvalue weighted by atomic mass is 10.4. The molecule has 0 bridgehead atoms. The van der Waals surface area contributed by atoms with E-state index >= 15 is 0 Å². The van der Waals surface area contributed by atoms with Crippen molar-refractivity contribution >= 4 is 22.4 Å². The van der Waals surface area contributed by atoms with Crippen molar-refractivity contribution in [1.82, 2.24) is 10.3 Å². The number of thiazole rings is 1. The zero-order valence-corrected chi connectivity index (χ0v) is 11.3. The summed E-state index contributed by atoms with van der Waals surface area (Å²) in [5, 5.41) is 6.70. The van der Waals surface area contributed by atoms with Crippen molar-refractivity contribution < 1.29 is 9.53 Å². The van der Waals surface area contributed by atoms with E-state index in [0.717, 1.165) is 17.4 Å². The fourth-order valence-corrected chi connectivity index (χ4v) is 2.25. The topological polar surface area (TPSA) is 63.2 Å². The Hall–Kier alpha value is -1.14. The molecule has 0 saturated carbocycles. The molecule has 5 nitrogen and oxygen atoms in total. The van der Waals surface area contributed by atoms with E-state index in [4.69, 9.17) is 4.74 Å². The van der Waals surface area contributed by atoms with E-state index in [2.05, 4.69) is 15.6 Å². The van der Waals surface area contributed by atoms with Gasteiger partial charge in [-0.15, -0.1) is 0 Å². The Morgan fingerprint density at radius 3 is 2.88 bits per heavy atom. The van der Waals surface area contributed by atoms with Crippen molar-refractivity contribution in [3.8, 4) is 0 Å². The highest BCUT2D eigenvalue weighted by Gasteiger charge is 2.14. The number of aromatic nitrogens is 1. The largest absolute Gasteiger partial charge is 0.380 e. The van der Waals surface area contributed by atoms with Gasteiger partial charge in [-0.2, -0.15) is 0 Å². The van der Waals surface area contributed by atoms with Crippen molar-refractivity contribution in [3.05, 3.63) is 10.6 Å². The van der Waals surface area contributed by atoms with Crippen LogP contribution in [0.15, 0.2) is 0 Å². The van der Waals surface area contributed by atoms with Crippen LogP contribution in [0.5, 0.6) is 0 Å². The van der Waals surface area contributed by atoms with Crippen LogP contribution in [-0.2, 0) is 4.74 Å². The van der Waals surface area contributed by atoms with Gasteiger partial charge in [-0.3, -0.25) is 4.79 Å². The highest BCUT2D eigenvalue weighted by Crippen LogP contribution is 2.21. The number of rotatable bonds is 7. The number of hydrogen-bond acceptors (Lipinski definition) is 5. The van der Waals surface area contributed by atoms with E-state index in [1.165, 1.54) is 11.3 Å². The van der Waals surface area contributed by atoms with Gasteiger partial charge < -0.3 is 15.4 Å². The normalized spacial score (nSPS) is 10.3. The maximum atomic E-state index is 11.8. The highest BCUT2D eigenvalue weighted by atomic mass is 32.1. The standard InChI is InChI=1S/C11H19N3O2S/c1-4-12-11-14-8(3)9(17-11)10(15)13-6-7-16-5-2/h4-7H2,1-3H3,(H,12,14)(H,13,15). The van der Waals surface area contributed by atoms with Gasteiger partial charge in [0, 0.05) is 19.7 Å². The molecular weight excluding hydrogens is 238 g/mol. The van der Waals surface area contributed by atoms with Gasteiger partial charge in [-0.25, -0.2) is 4.98 Å². The summed E-state index contributed by atoms with van der Waals surface area (Å²) in [5.74, 6) is -0.0798. The highest BCUT2D eigenvalue weighted by molar-refractivity contribution is 7.17. The average molecular weight is 257 g/mol. The van der Waals surface area contributed by atoms with Crippen LogP contribution in [0.1, 0.15) is 29.2 Å². The number of hydrogen-bond donors (Lipinski definition) is 2. The van der Waals surface area contributed by atoms with Crippen molar-refractivity contribution in [2.75, 3.05) is 31.6 Å². The molecular formula is C11H19N3O2S. The minimum Gasteiger partial charge on any atom is -0.380 e. The molecule has 0 fully saturated rings. The first kappa shape index (κ1) is 13.9. The molecule has 0 aliphatic rings. The first-order chi connectivity index (χ1) is 8.19. The molecule has 1 aromatic rings. The molecule has 0 aromatic carbocycles. The summed E-state index contributed by atoms with van der Waals surface area (Å²) in [4.78, 5) is 16.8. The van der Waals surface area contributed by atoms with E-state index < -0.39 is 0 Å². The second-order valence-electron chi connectivity index (χ2n) is 3.42. The number of ether oxygens (including phenoxy) is 1. The van der Waals surface area contributed by atoms with Gasteiger partial charge in [0.05, 0.1) is 12.3 Å². The van der Waals surface area contributed by atoms with Crippen LogP contribution < -0.4 is 10.6 Å². The third-order valence-corrected chi connectivity index (χ3v) is 3.18. The fraction of sp³-hybridized carbons (Fsp3) is 0.636. The predicted molar refractivity (Wildman–Crippen MR) is 69.8 cm³/mol. The maximum absolute atomic E-state index is 11.8. The lowest BCUT2D eigenvalue weighted by Crippen LogP contribution is -2.27. The number of carbonyl (C=O) groups excluding carboxylic acids is 1. The summed E-state index contributed by atoms with van der Waals surface area (Å²) in [6.45, 7) is 8.31. The fourth-order valence-electron chi connectivity index (χ4n) is 1.30. The molecule has 2 N–H and O–H groups in total. The SMILES string of the molecule is CCNc1nc(C)c(C(=O)NCCOCC)s1. The molecule has 1 rings (SSSR count). The van der Waals surface area contributed by atoms with E-state index in [1.807, 2.05) is 20.8 Å². The van der Waals surface area contributed by atoms with E-state index in [1.54, 1.807) is 0 Å². The molecule has 17 heavy (non-hydrogen) atoms. The van der Waals surface area contributed by atoms with Crippen LogP contribution in [-0.4, -0.2) is 37.2 Å². The molecule has 1 amide bonds. The zero-order chi connectivity index (χ0) is 12.7. The second-order valence-corrected chi connectivity index (χ2v) is 4.42. The smallest absolute Gasteiger partial charge is 0.263 e. The Balaban J connectivity index is 2.50. The lowest BCUT2D eigenvalue weighted by Gasteiger charge is -2.03. The van der Waals surface area contributed by atoms with Gasteiger partial charge in [-0.1, -0.05) is 11.3 Å². The van der Waals surface area contributed by atoms with Crippen LogP contribution in [0.3, 0.4) is 0 Å². The second kappa shape index (κ2) is 7.24. The summed E-state index contributed by atoms with van der Waals surface area (Å²) < 4.78 is 5.15. The van der Waals surface area contributed by atoms with E-state index in [-0.39, 0.29) is 5.91 Å². The zero-order valence-electron chi connectivity index (χ0n) is 10.5. The summed E-state index contributed by atoms with van der Waals surface area (Å²) in [6, 6.07) is 0. The quantitative estimate of drug-likeness (QED) is 0.729. The van der Waals surface area contributed by atoms with Crippen molar-refractivity contribution in [1.29, 1.82) is 0 Å². The predicted octanol–water partition coefficient (Wildman–Crippen LogP) is 1.65. The van der Waals surface area contributed by atoms with E-state index in [0.29, 0.717) is 24.6 Å². The van der Waals surface area contributed by atoms with Crippen LogP contribution >= 0.6 is 11.3 Å². The number of nitrogens with one attached hydrogen (secondary N) is 2. The van der Waals surface area contributed by atoms with Gasteiger partial charge in [0.25, 0.3) is 5.91 Å². The first-order valence-electron chi connectivity index (χ1n) is 5.76. The molecule has 0 unspecified atom stereocenters. The Kier molecular flexibility index (Phi) is 5.93. The van der Waals surface area contributed by atoms with Gasteiger partial charge in [0.2, 0.25) is 0 Å². The first-order valence-corrected chi connectivity index (χ1v) is 6.57. The molecule has 0 aliphatic carbocycles. The van der Waals surface area contributed by atoms with Gasteiger partial charge in [0.15, 0.2) is 5.13 Å². The Morgan fingerprint density at radius 2 is 2.24 bits per heavy atom. The van der Waals surface area contributed by atoms with Crippen molar-refractivity contribution in [3.63, 3.8) is 0 Å². The summed E-state index contributed by atoms with van der Waals surface area (Å²) in [7, 11) is 0. The molecule has 1 aromatic heterocycles. The van der Waals surface area contributed by atoms with Gasteiger partial charge >= 0.3 is 0 Å². The maximum Gasteiger partial charge on any atom is 0.263 e. The van der Waals surface area contributed by atoms with E-state index in [9.17, 15) is 4.79 Å². The number of aryl methyl sites for hydroxylation is 1. The average Bonchev–Trinajstić information content (AvgIpc) is 2.66. The number of carbonyl (C=O) groups is 1.